The molecule has 0 aromatic heterocycles. The minimum atomic E-state index is -0.299. The van der Waals surface area contributed by atoms with Crippen molar-refractivity contribution in [2.24, 2.45) is 0 Å². The molecule has 0 aliphatic heterocycles. The van der Waals surface area contributed by atoms with E-state index in [-0.39, 0.29) is 12.6 Å². The van der Waals surface area contributed by atoms with E-state index >= 15 is 0 Å². The van der Waals surface area contributed by atoms with E-state index in [0.29, 0.717) is 6.61 Å². The highest BCUT2D eigenvalue weighted by Crippen LogP contribution is 2.24. The second kappa shape index (κ2) is 7.10. The second-order valence-corrected chi connectivity index (χ2v) is 5.16. The lowest BCUT2D eigenvalue weighted by atomic mass is 10.2. The van der Waals surface area contributed by atoms with E-state index in [4.69, 9.17) is 9.47 Å². The monoisotopic (exact) mass is 334 g/mol. The third-order valence-electron chi connectivity index (χ3n) is 2.70. The quantitative estimate of drug-likeness (QED) is 0.772. The Balaban J connectivity index is 2.01. The Hall–Kier alpha value is -1.81. The Labute approximate surface area is 126 Å². The molecule has 20 heavy (non-hydrogen) atoms. The fourth-order valence-corrected chi connectivity index (χ4v) is 2.03. The highest BCUT2D eigenvalue weighted by atomic mass is 79.9. The summed E-state index contributed by atoms with van der Waals surface area (Å²) in [7, 11) is 0. The number of carbonyl (C=O) groups is 1. The smallest absolute Gasteiger partial charge is 0.302 e. The molecule has 0 N–H and O–H groups in total. The summed E-state index contributed by atoms with van der Waals surface area (Å²) in [5.74, 6) is 0.451. The van der Waals surface area contributed by atoms with Crippen LogP contribution < -0.4 is 4.74 Å². The molecule has 2 rings (SSSR count). The topological polar surface area (TPSA) is 35.5 Å². The molecule has 0 aliphatic carbocycles. The lowest BCUT2D eigenvalue weighted by Gasteiger charge is -2.10. The Morgan fingerprint density at radius 1 is 1.10 bits per heavy atom. The number of rotatable bonds is 5. The van der Waals surface area contributed by atoms with Crippen LogP contribution in [0.2, 0.25) is 0 Å². The molecule has 0 saturated carbocycles. The molecule has 0 fully saturated rings. The van der Waals surface area contributed by atoms with Gasteiger partial charge in [0.2, 0.25) is 0 Å². The summed E-state index contributed by atoms with van der Waals surface area (Å²) >= 11 is 3.43. The summed E-state index contributed by atoms with van der Waals surface area (Å²) in [6.45, 7) is 2.14. The lowest BCUT2D eigenvalue weighted by molar-refractivity contribution is -0.142. The molecule has 2 aromatic carbocycles. The molecule has 0 aliphatic rings. The minimum Gasteiger partial charge on any atom is -0.489 e. The number of ether oxygens (including phenoxy) is 2. The standard InChI is InChI=1S/C16H15BrO3/c1-12(18)19-11-14-9-15(7-8-16(14)17)20-10-13-5-3-2-4-6-13/h2-9H,10-11H2,1H3. The fraction of sp³-hybridized carbons (Fsp3) is 0.188. The van der Waals surface area contributed by atoms with E-state index in [0.717, 1.165) is 21.3 Å². The van der Waals surface area contributed by atoms with E-state index in [1.807, 2.05) is 48.5 Å². The van der Waals surface area contributed by atoms with Crippen LogP contribution in [0.5, 0.6) is 5.75 Å². The molecule has 104 valence electrons. The first kappa shape index (κ1) is 14.6. The van der Waals surface area contributed by atoms with Crippen molar-refractivity contribution in [2.75, 3.05) is 0 Å². The van der Waals surface area contributed by atoms with E-state index in [1.54, 1.807) is 0 Å². The Kier molecular flexibility index (Phi) is 5.18. The van der Waals surface area contributed by atoms with Gasteiger partial charge in [-0.3, -0.25) is 4.79 Å². The van der Waals surface area contributed by atoms with Gasteiger partial charge in [-0.2, -0.15) is 0 Å². The first-order valence-corrected chi connectivity index (χ1v) is 7.03. The molecule has 0 bridgehead atoms. The van der Waals surface area contributed by atoms with Crippen molar-refractivity contribution < 1.29 is 14.3 Å². The SMILES string of the molecule is CC(=O)OCc1cc(OCc2ccccc2)ccc1Br. The van der Waals surface area contributed by atoms with Crippen LogP contribution in [0.3, 0.4) is 0 Å². The van der Waals surface area contributed by atoms with E-state index in [1.165, 1.54) is 6.92 Å². The van der Waals surface area contributed by atoms with Crippen LogP contribution in [0.4, 0.5) is 0 Å². The average Bonchev–Trinajstić information content (AvgIpc) is 2.46. The molecule has 3 nitrogen and oxygen atoms in total. The van der Waals surface area contributed by atoms with Gasteiger partial charge in [-0.1, -0.05) is 46.3 Å². The van der Waals surface area contributed by atoms with Crippen molar-refractivity contribution in [3.8, 4) is 5.75 Å². The summed E-state index contributed by atoms with van der Waals surface area (Å²) < 4.78 is 11.6. The summed E-state index contributed by atoms with van der Waals surface area (Å²) in [4.78, 5) is 10.9. The lowest BCUT2D eigenvalue weighted by Crippen LogP contribution is -2.01. The zero-order valence-electron chi connectivity index (χ0n) is 11.1. The molecule has 2 aromatic rings. The van der Waals surface area contributed by atoms with Gasteiger partial charge in [0.15, 0.2) is 0 Å². The third kappa shape index (κ3) is 4.38. The normalized spacial score (nSPS) is 10.1. The van der Waals surface area contributed by atoms with Crippen LogP contribution in [0, 0.1) is 0 Å². The van der Waals surface area contributed by atoms with Crippen LogP contribution in [-0.2, 0) is 22.7 Å². The maximum absolute atomic E-state index is 10.9. The van der Waals surface area contributed by atoms with Gasteiger partial charge in [0.1, 0.15) is 19.0 Å². The highest BCUT2D eigenvalue weighted by molar-refractivity contribution is 9.10. The Bertz CT molecular complexity index is 582. The number of carbonyl (C=O) groups excluding carboxylic acids is 1. The van der Waals surface area contributed by atoms with Gasteiger partial charge >= 0.3 is 5.97 Å². The largest absolute Gasteiger partial charge is 0.489 e. The number of benzene rings is 2. The molecular weight excluding hydrogens is 320 g/mol. The van der Waals surface area contributed by atoms with Crippen molar-refractivity contribution in [1.29, 1.82) is 0 Å². The van der Waals surface area contributed by atoms with Crippen molar-refractivity contribution >= 4 is 21.9 Å². The first-order chi connectivity index (χ1) is 9.65. The van der Waals surface area contributed by atoms with E-state index < -0.39 is 0 Å². The summed E-state index contributed by atoms with van der Waals surface area (Å²) in [6.07, 6.45) is 0. The number of halogens is 1. The average molecular weight is 335 g/mol. The van der Waals surface area contributed by atoms with Gasteiger partial charge in [0, 0.05) is 17.0 Å². The maximum Gasteiger partial charge on any atom is 0.302 e. The number of hydrogen-bond donors (Lipinski definition) is 0. The van der Waals surface area contributed by atoms with E-state index in [9.17, 15) is 4.79 Å². The van der Waals surface area contributed by atoms with Crippen molar-refractivity contribution in [3.63, 3.8) is 0 Å². The van der Waals surface area contributed by atoms with Crippen molar-refractivity contribution in [2.45, 2.75) is 20.1 Å². The van der Waals surface area contributed by atoms with Crippen LogP contribution in [-0.4, -0.2) is 5.97 Å². The van der Waals surface area contributed by atoms with Crippen LogP contribution >= 0.6 is 15.9 Å². The molecule has 0 amide bonds. The molecule has 0 atom stereocenters. The molecule has 0 unspecified atom stereocenters. The highest BCUT2D eigenvalue weighted by Gasteiger charge is 2.05. The number of hydrogen-bond acceptors (Lipinski definition) is 3. The van der Waals surface area contributed by atoms with Crippen LogP contribution in [0.15, 0.2) is 53.0 Å². The van der Waals surface area contributed by atoms with Gasteiger partial charge < -0.3 is 9.47 Å². The zero-order valence-corrected chi connectivity index (χ0v) is 12.7. The van der Waals surface area contributed by atoms with Gasteiger partial charge in [0.25, 0.3) is 0 Å². The van der Waals surface area contributed by atoms with E-state index in [2.05, 4.69) is 15.9 Å². The van der Waals surface area contributed by atoms with Crippen molar-refractivity contribution in [3.05, 3.63) is 64.1 Å². The molecule has 0 radical (unpaired) electrons. The molecule has 4 heteroatoms. The predicted molar refractivity (Wildman–Crippen MR) is 80.4 cm³/mol. The summed E-state index contributed by atoms with van der Waals surface area (Å²) in [5.41, 5.74) is 1.99. The zero-order chi connectivity index (χ0) is 14.4. The maximum atomic E-state index is 10.9. The van der Waals surface area contributed by atoms with Gasteiger partial charge in [-0.25, -0.2) is 0 Å². The third-order valence-corrected chi connectivity index (χ3v) is 3.47. The van der Waals surface area contributed by atoms with Gasteiger partial charge in [0.05, 0.1) is 0 Å². The molecule has 0 saturated heterocycles. The molecular formula is C16H15BrO3. The summed E-state index contributed by atoms with van der Waals surface area (Å²) in [6, 6.07) is 15.6. The van der Waals surface area contributed by atoms with Gasteiger partial charge in [-0.15, -0.1) is 0 Å². The molecule has 0 heterocycles. The second-order valence-electron chi connectivity index (χ2n) is 4.31. The van der Waals surface area contributed by atoms with Gasteiger partial charge in [-0.05, 0) is 23.8 Å². The molecule has 0 spiro atoms. The Morgan fingerprint density at radius 2 is 1.85 bits per heavy atom. The number of esters is 1. The van der Waals surface area contributed by atoms with Crippen molar-refractivity contribution in [1.82, 2.24) is 0 Å². The van der Waals surface area contributed by atoms with Crippen LogP contribution in [0.25, 0.3) is 0 Å². The Morgan fingerprint density at radius 3 is 2.55 bits per heavy atom. The minimum absolute atomic E-state index is 0.235. The predicted octanol–water partition coefficient (Wildman–Crippen LogP) is 4.09. The fourth-order valence-electron chi connectivity index (χ4n) is 1.67. The van der Waals surface area contributed by atoms with Crippen LogP contribution in [0.1, 0.15) is 18.1 Å². The summed E-state index contributed by atoms with van der Waals surface area (Å²) in [5, 5.41) is 0. The first-order valence-electron chi connectivity index (χ1n) is 6.23.